The van der Waals surface area contributed by atoms with Gasteiger partial charge >= 0.3 is 0 Å². The summed E-state index contributed by atoms with van der Waals surface area (Å²) in [5.41, 5.74) is 2.34. The van der Waals surface area contributed by atoms with E-state index in [0.717, 1.165) is 25.1 Å². The molecule has 2 aromatic rings. The minimum Gasteiger partial charge on any atom is -0.368 e. The van der Waals surface area contributed by atoms with Gasteiger partial charge in [-0.3, -0.25) is 4.79 Å². The number of carbonyl (C=O) groups is 1. The van der Waals surface area contributed by atoms with Crippen molar-refractivity contribution in [3.8, 4) is 0 Å². The van der Waals surface area contributed by atoms with Gasteiger partial charge < -0.3 is 14.2 Å². The maximum atomic E-state index is 13.1. The highest BCUT2D eigenvalue weighted by atomic mass is 16.5. The van der Waals surface area contributed by atoms with E-state index in [9.17, 15) is 4.79 Å². The van der Waals surface area contributed by atoms with Crippen molar-refractivity contribution in [1.82, 2.24) is 9.47 Å². The van der Waals surface area contributed by atoms with Gasteiger partial charge in [0.2, 0.25) is 0 Å². The molecule has 1 aromatic carbocycles. The van der Waals surface area contributed by atoms with Crippen molar-refractivity contribution in [2.75, 3.05) is 13.2 Å². The van der Waals surface area contributed by atoms with Crippen LogP contribution in [0, 0.1) is 5.92 Å². The Morgan fingerprint density at radius 2 is 1.96 bits per heavy atom. The molecule has 3 heterocycles. The molecule has 2 aliphatic heterocycles. The second-order valence-corrected chi connectivity index (χ2v) is 6.53. The third-order valence-corrected chi connectivity index (χ3v) is 5.07. The zero-order valence-electron chi connectivity index (χ0n) is 13.4. The molecule has 4 rings (SSSR count). The molecule has 1 aromatic heterocycles. The summed E-state index contributed by atoms with van der Waals surface area (Å²) in [5.74, 6) is 0.434. The minimum absolute atomic E-state index is 0.0242. The Morgan fingerprint density at radius 3 is 2.70 bits per heavy atom. The lowest BCUT2D eigenvalue weighted by atomic mass is 9.97. The lowest BCUT2D eigenvalue weighted by molar-refractivity contribution is -0.145. The third kappa shape index (κ3) is 2.47. The number of hydrogen-bond acceptors (Lipinski definition) is 2. The fourth-order valence-corrected chi connectivity index (χ4v) is 3.78. The normalized spacial score (nSPS) is 27.0. The van der Waals surface area contributed by atoms with Gasteiger partial charge in [0.05, 0.1) is 6.04 Å². The number of ether oxygens (including phenoxy) is 1. The van der Waals surface area contributed by atoms with Crippen molar-refractivity contribution in [3.63, 3.8) is 0 Å². The van der Waals surface area contributed by atoms with Crippen molar-refractivity contribution in [3.05, 3.63) is 59.9 Å². The SMILES string of the molecule is C[C@@H]1CCO[C@H]1C(=O)N1CCn2cccc2[C@H]1c1ccccc1. The number of aromatic nitrogens is 1. The molecule has 1 saturated heterocycles. The first kappa shape index (κ1) is 14.5. The van der Waals surface area contributed by atoms with Gasteiger partial charge in [-0.25, -0.2) is 0 Å². The number of nitrogens with zero attached hydrogens (tertiary/aromatic N) is 2. The lowest BCUT2D eigenvalue weighted by Gasteiger charge is -2.39. The first-order valence-corrected chi connectivity index (χ1v) is 8.38. The maximum Gasteiger partial charge on any atom is 0.252 e. The Kier molecular flexibility index (Phi) is 3.69. The fraction of sp³-hybridized carbons (Fsp3) is 0.421. The first-order valence-electron chi connectivity index (χ1n) is 8.38. The molecule has 0 aliphatic carbocycles. The summed E-state index contributed by atoms with van der Waals surface area (Å²) >= 11 is 0. The summed E-state index contributed by atoms with van der Waals surface area (Å²) in [6.07, 6.45) is 2.78. The van der Waals surface area contributed by atoms with Crippen LogP contribution in [-0.4, -0.2) is 34.6 Å². The van der Waals surface area contributed by atoms with E-state index in [1.165, 1.54) is 5.69 Å². The molecule has 4 nitrogen and oxygen atoms in total. The van der Waals surface area contributed by atoms with Gasteiger partial charge in [0, 0.05) is 31.6 Å². The van der Waals surface area contributed by atoms with Crippen molar-refractivity contribution >= 4 is 5.91 Å². The molecule has 3 atom stereocenters. The maximum absolute atomic E-state index is 13.1. The Morgan fingerprint density at radius 1 is 1.13 bits per heavy atom. The van der Waals surface area contributed by atoms with Crippen LogP contribution in [0.5, 0.6) is 0 Å². The van der Waals surface area contributed by atoms with Gasteiger partial charge in [0.1, 0.15) is 6.10 Å². The monoisotopic (exact) mass is 310 g/mol. The molecule has 0 unspecified atom stereocenters. The molecule has 120 valence electrons. The standard InChI is InChI=1S/C19H22N2O2/c1-14-9-13-23-18(14)19(22)21-12-11-20-10-5-8-16(20)17(21)15-6-3-2-4-7-15/h2-8,10,14,17-18H,9,11-13H2,1H3/t14-,17-,18-/m1/s1. The quantitative estimate of drug-likeness (QED) is 0.855. The van der Waals surface area contributed by atoms with Gasteiger partial charge in [-0.1, -0.05) is 37.3 Å². The van der Waals surface area contributed by atoms with Crippen LogP contribution in [0.2, 0.25) is 0 Å². The molecular formula is C19H22N2O2. The minimum atomic E-state index is -0.289. The summed E-state index contributed by atoms with van der Waals surface area (Å²) in [6.45, 7) is 4.38. The van der Waals surface area contributed by atoms with Gasteiger partial charge in [-0.15, -0.1) is 0 Å². The predicted molar refractivity (Wildman–Crippen MR) is 88.0 cm³/mol. The van der Waals surface area contributed by atoms with Gasteiger partial charge in [0.25, 0.3) is 5.91 Å². The molecule has 2 aliphatic rings. The van der Waals surface area contributed by atoms with Gasteiger partial charge in [0.15, 0.2) is 0 Å². The molecular weight excluding hydrogens is 288 g/mol. The largest absolute Gasteiger partial charge is 0.368 e. The zero-order chi connectivity index (χ0) is 15.8. The molecule has 0 bridgehead atoms. The number of rotatable bonds is 2. The topological polar surface area (TPSA) is 34.5 Å². The molecule has 4 heteroatoms. The summed E-state index contributed by atoms with van der Waals surface area (Å²) in [5, 5.41) is 0. The number of benzene rings is 1. The van der Waals surface area contributed by atoms with Crippen LogP contribution in [0.3, 0.4) is 0 Å². The van der Waals surface area contributed by atoms with Crippen LogP contribution in [0.1, 0.15) is 30.6 Å². The van der Waals surface area contributed by atoms with Crippen LogP contribution in [0.4, 0.5) is 0 Å². The van der Waals surface area contributed by atoms with E-state index in [1.54, 1.807) is 0 Å². The van der Waals surface area contributed by atoms with Crippen molar-refractivity contribution in [2.45, 2.75) is 32.0 Å². The van der Waals surface area contributed by atoms with Crippen LogP contribution in [0.25, 0.3) is 0 Å². The highest BCUT2D eigenvalue weighted by Crippen LogP contribution is 2.34. The van der Waals surface area contributed by atoms with Crippen LogP contribution in [0.15, 0.2) is 48.7 Å². The van der Waals surface area contributed by atoms with Crippen molar-refractivity contribution in [1.29, 1.82) is 0 Å². The second-order valence-electron chi connectivity index (χ2n) is 6.53. The summed E-state index contributed by atoms with van der Waals surface area (Å²) < 4.78 is 7.99. The number of amides is 1. The molecule has 1 fully saturated rings. The molecule has 0 saturated carbocycles. The third-order valence-electron chi connectivity index (χ3n) is 5.07. The first-order chi connectivity index (χ1) is 11.3. The van der Waals surface area contributed by atoms with Gasteiger partial charge in [-0.2, -0.15) is 0 Å². The lowest BCUT2D eigenvalue weighted by Crippen LogP contribution is -2.47. The van der Waals surface area contributed by atoms with E-state index < -0.39 is 0 Å². The Balaban J connectivity index is 1.72. The Bertz CT molecular complexity index is 694. The fourth-order valence-electron chi connectivity index (χ4n) is 3.78. The van der Waals surface area contributed by atoms with E-state index >= 15 is 0 Å². The average molecular weight is 310 g/mol. The Hall–Kier alpha value is -2.07. The average Bonchev–Trinajstić information content (AvgIpc) is 3.22. The molecule has 0 radical (unpaired) electrons. The number of carbonyl (C=O) groups excluding carboxylic acids is 1. The van der Waals surface area contributed by atoms with E-state index in [0.29, 0.717) is 12.5 Å². The van der Waals surface area contributed by atoms with E-state index in [4.69, 9.17) is 4.74 Å². The van der Waals surface area contributed by atoms with Gasteiger partial charge in [-0.05, 0) is 30.0 Å². The Labute approximate surface area is 136 Å². The molecule has 1 amide bonds. The van der Waals surface area contributed by atoms with E-state index in [2.05, 4.69) is 42.0 Å². The van der Waals surface area contributed by atoms with Crippen LogP contribution < -0.4 is 0 Å². The van der Waals surface area contributed by atoms with Crippen LogP contribution in [-0.2, 0) is 16.1 Å². The highest BCUT2D eigenvalue weighted by Gasteiger charge is 2.39. The highest BCUT2D eigenvalue weighted by molar-refractivity contribution is 5.82. The summed E-state index contributed by atoms with van der Waals surface area (Å²) in [7, 11) is 0. The number of fused-ring (bicyclic) bond motifs is 1. The molecule has 23 heavy (non-hydrogen) atoms. The zero-order valence-corrected chi connectivity index (χ0v) is 13.4. The summed E-state index contributed by atoms with van der Waals surface area (Å²) in [6, 6.07) is 14.5. The van der Waals surface area contributed by atoms with E-state index in [1.807, 2.05) is 23.1 Å². The number of hydrogen-bond donors (Lipinski definition) is 0. The predicted octanol–water partition coefficient (Wildman–Crippen LogP) is 2.84. The smallest absolute Gasteiger partial charge is 0.252 e. The van der Waals surface area contributed by atoms with E-state index in [-0.39, 0.29) is 18.1 Å². The van der Waals surface area contributed by atoms with Crippen molar-refractivity contribution < 1.29 is 9.53 Å². The molecule has 0 N–H and O–H groups in total. The second kappa shape index (κ2) is 5.85. The summed E-state index contributed by atoms with van der Waals surface area (Å²) in [4.78, 5) is 15.1. The molecule has 0 spiro atoms. The van der Waals surface area contributed by atoms with Crippen molar-refractivity contribution in [2.24, 2.45) is 5.92 Å². The van der Waals surface area contributed by atoms with Crippen LogP contribution >= 0.6 is 0 Å².